The summed E-state index contributed by atoms with van der Waals surface area (Å²) in [4.78, 5) is 16.6. The molecule has 1 saturated heterocycles. The van der Waals surface area contributed by atoms with Crippen LogP contribution in [-0.4, -0.2) is 54.0 Å². The van der Waals surface area contributed by atoms with Crippen molar-refractivity contribution in [2.45, 2.75) is 63.6 Å². The first-order valence-electron chi connectivity index (χ1n) is 7.37. The molecular formula is C14H27N3O. The smallest absolute Gasteiger partial charge is 0.241 e. The summed E-state index contributed by atoms with van der Waals surface area (Å²) < 4.78 is 0. The fraction of sp³-hybridized carbons (Fsp3) is 0.929. The third kappa shape index (κ3) is 2.69. The van der Waals surface area contributed by atoms with Gasteiger partial charge in [-0.25, -0.2) is 0 Å². The Labute approximate surface area is 110 Å². The van der Waals surface area contributed by atoms with Gasteiger partial charge < -0.3 is 10.6 Å². The molecule has 2 fully saturated rings. The number of carbonyl (C=O) groups excluding carboxylic acids is 1. The van der Waals surface area contributed by atoms with E-state index in [1.807, 2.05) is 11.9 Å². The van der Waals surface area contributed by atoms with Gasteiger partial charge in [0.05, 0.1) is 0 Å². The Balaban J connectivity index is 2.10. The summed E-state index contributed by atoms with van der Waals surface area (Å²) in [7, 11) is 1.90. The van der Waals surface area contributed by atoms with Gasteiger partial charge in [0.15, 0.2) is 0 Å². The van der Waals surface area contributed by atoms with Gasteiger partial charge in [-0.3, -0.25) is 9.69 Å². The second-order valence-corrected chi connectivity index (χ2v) is 5.89. The van der Waals surface area contributed by atoms with Gasteiger partial charge in [0.2, 0.25) is 5.91 Å². The molecule has 2 atom stereocenters. The Kier molecular flexibility index (Phi) is 4.62. The van der Waals surface area contributed by atoms with Crippen LogP contribution in [0.1, 0.15) is 45.4 Å². The molecule has 1 saturated carbocycles. The van der Waals surface area contributed by atoms with Crippen LogP contribution in [0.15, 0.2) is 0 Å². The van der Waals surface area contributed by atoms with Crippen molar-refractivity contribution in [3.8, 4) is 0 Å². The number of rotatable bonds is 2. The Morgan fingerprint density at radius 2 is 1.83 bits per heavy atom. The van der Waals surface area contributed by atoms with Crippen LogP contribution in [0.5, 0.6) is 0 Å². The predicted octanol–water partition coefficient (Wildman–Crippen LogP) is 1.20. The number of hydrogen-bond acceptors (Lipinski definition) is 3. The van der Waals surface area contributed by atoms with Crippen LogP contribution in [0.4, 0.5) is 0 Å². The van der Waals surface area contributed by atoms with Crippen molar-refractivity contribution in [2.24, 2.45) is 5.73 Å². The van der Waals surface area contributed by atoms with Gasteiger partial charge in [-0.1, -0.05) is 25.7 Å². The standard InChI is InChI=1S/C14H27N3O/c1-11-10-17(12-7-5-3-4-6-8-12)13(9-15)14(18)16(11)2/h11-13H,3-10,15H2,1-2H3. The maximum Gasteiger partial charge on any atom is 0.241 e. The summed E-state index contributed by atoms with van der Waals surface area (Å²) in [6, 6.07) is 0.791. The van der Waals surface area contributed by atoms with E-state index < -0.39 is 0 Å². The number of likely N-dealkylation sites (N-methyl/N-ethyl adjacent to an activating group) is 1. The number of nitrogens with two attached hydrogens (primary N) is 1. The van der Waals surface area contributed by atoms with Crippen molar-refractivity contribution in [1.82, 2.24) is 9.80 Å². The first kappa shape index (κ1) is 13.8. The molecule has 0 aromatic carbocycles. The van der Waals surface area contributed by atoms with E-state index in [-0.39, 0.29) is 11.9 Å². The lowest BCUT2D eigenvalue weighted by molar-refractivity contribution is -0.145. The molecule has 1 amide bonds. The van der Waals surface area contributed by atoms with Crippen LogP contribution in [0, 0.1) is 0 Å². The maximum atomic E-state index is 12.3. The first-order valence-corrected chi connectivity index (χ1v) is 7.37. The minimum absolute atomic E-state index is 0.0886. The minimum atomic E-state index is -0.0886. The normalized spacial score (nSPS) is 32.6. The number of nitrogens with zero attached hydrogens (tertiary/aromatic N) is 2. The topological polar surface area (TPSA) is 49.6 Å². The Bertz CT molecular complexity index is 287. The molecule has 104 valence electrons. The summed E-state index contributed by atoms with van der Waals surface area (Å²) in [5, 5.41) is 0. The fourth-order valence-electron chi connectivity index (χ4n) is 3.38. The van der Waals surface area contributed by atoms with Gasteiger partial charge in [-0.05, 0) is 19.8 Å². The molecule has 2 rings (SSSR count). The van der Waals surface area contributed by atoms with Crippen LogP contribution in [0.3, 0.4) is 0 Å². The Morgan fingerprint density at radius 1 is 1.22 bits per heavy atom. The van der Waals surface area contributed by atoms with Crippen molar-refractivity contribution < 1.29 is 4.79 Å². The van der Waals surface area contributed by atoms with Crippen LogP contribution in [0.25, 0.3) is 0 Å². The highest BCUT2D eigenvalue weighted by molar-refractivity contribution is 5.83. The van der Waals surface area contributed by atoms with E-state index in [1.54, 1.807) is 0 Å². The SMILES string of the molecule is CC1CN(C2CCCCCC2)C(CN)C(=O)N1C. The van der Waals surface area contributed by atoms with Gasteiger partial charge in [0.1, 0.15) is 6.04 Å². The Hall–Kier alpha value is -0.610. The molecule has 1 aliphatic heterocycles. The molecule has 4 heteroatoms. The van der Waals surface area contributed by atoms with Crippen LogP contribution in [0.2, 0.25) is 0 Å². The third-order valence-corrected chi connectivity index (χ3v) is 4.69. The zero-order valence-electron chi connectivity index (χ0n) is 11.8. The zero-order valence-corrected chi connectivity index (χ0v) is 11.8. The second-order valence-electron chi connectivity index (χ2n) is 5.89. The van der Waals surface area contributed by atoms with Gasteiger partial charge >= 0.3 is 0 Å². The average Bonchev–Trinajstić information content (AvgIpc) is 2.64. The van der Waals surface area contributed by atoms with Gasteiger partial charge in [-0.15, -0.1) is 0 Å². The highest BCUT2D eigenvalue weighted by Crippen LogP contribution is 2.26. The molecule has 2 N–H and O–H groups in total. The number of piperazine rings is 1. The third-order valence-electron chi connectivity index (χ3n) is 4.69. The molecule has 0 aromatic rings. The van der Waals surface area contributed by atoms with E-state index in [1.165, 1.54) is 38.5 Å². The molecule has 0 bridgehead atoms. The maximum absolute atomic E-state index is 12.3. The lowest BCUT2D eigenvalue weighted by atomic mass is 9.99. The molecule has 1 aliphatic carbocycles. The van der Waals surface area contributed by atoms with Crippen molar-refractivity contribution in [3.63, 3.8) is 0 Å². The van der Waals surface area contributed by atoms with Gasteiger partial charge in [0, 0.05) is 32.2 Å². The molecule has 0 aromatic heterocycles. The van der Waals surface area contributed by atoms with Crippen LogP contribution in [-0.2, 0) is 4.79 Å². The molecule has 1 heterocycles. The predicted molar refractivity (Wildman–Crippen MR) is 73.3 cm³/mol. The summed E-state index contributed by atoms with van der Waals surface area (Å²) in [6.07, 6.45) is 7.77. The lowest BCUT2D eigenvalue weighted by Crippen LogP contribution is -2.64. The monoisotopic (exact) mass is 253 g/mol. The average molecular weight is 253 g/mol. The number of amides is 1. The molecule has 0 spiro atoms. The zero-order chi connectivity index (χ0) is 13.1. The minimum Gasteiger partial charge on any atom is -0.340 e. The van der Waals surface area contributed by atoms with E-state index in [0.29, 0.717) is 18.6 Å². The highest BCUT2D eigenvalue weighted by atomic mass is 16.2. The first-order chi connectivity index (χ1) is 8.65. The molecule has 4 nitrogen and oxygen atoms in total. The lowest BCUT2D eigenvalue weighted by Gasteiger charge is -2.46. The largest absolute Gasteiger partial charge is 0.340 e. The van der Waals surface area contributed by atoms with Gasteiger partial charge in [0.25, 0.3) is 0 Å². The van der Waals surface area contributed by atoms with Crippen molar-refractivity contribution >= 4 is 5.91 Å². The Morgan fingerprint density at radius 3 is 2.39 bits per heavy atom. The summed E-state index contributed by atoms with van der Waals surface area (Å²) in [5.41, 5.74) is 5.85. The quantitative estimate of drug-likeness (QED) is 0.752. The van der Waals surface area contributed by atoms with E-state index in [2.05, 4.69) is 11.8 Å². The van der Waals surface area contributed by atoms with Crippen molar-refractivity contribution in [2.75, 3.05) is 20.1 Å². The molecule has 2 aliphatic rings. The second kappa shape index (κ2) is 6.02. The van der Waals surface area contributed by atoms with E-state index in [4.69, 9.17) is 5.73 Å². The molecule has 18 heavy (non-hydrogen) atoms. The fourth-order valence-corrected chi connectivity index (χ4v) is 3.38. The molecule has 2 unspecified atom stereocenters. The number of hydrogen-bond donors (Lipinski definition) is 1. The van der Waals surface area contributed by atoms with Crippen LogP contribution >= 0.6 is 0 Å². The van der Waals surface area contributed by atoms with Crippen LogP contribution < -0.4 is 5.73 Å². The van der Waals surface area contributed by atoms with E-state index in [0.717, 1.165) is 6.54 Å². The highest BCUT2D eigenvalue weighted by Gasteiger charge is 2.39. The summed E-state index contributed by atoms with van der Waals surface area (Å²) >= 11 is 0. The molecular weight excluding hydrogens is 226 g/mol. The molecule has 0 radical (unpaired) electrons. The van der Waals surface area contributed by atoms with Crippen molar-refractivity contribution in [3.05, 3.63) is 0 Å². The number of carbonyl (C=O) groups is 1. The van der Waals surface area contributed by atoms with E-state index >= 15 is 0 Å². The van der Waals surface area contributed by atoms with Crippen molar-refractivity contribution in [1.29, 1.82) is 0 Å². The summed E-state index contributed by atoms with van der Waals surface area (Å²) in [5.74, 6) is 0.209. The van der Waals surface area contributed by atoms with Gasteiger partial charge in [-0.2, -0.15) is 0 Å². The summed E-state index contributed by atoms with van der Waals surface area (Å²) in [6.45, 7) is 3.56. The van der Waals surface area contributed by atoms with E-state index in [9.17, 15) is 4.79 Å².